The molecule has 0 spiro atoms. The van der Waals surface area contributed by atoms with Gasteiger partial charge in [0.15, 0.2) is 0 Å². The van der Waals surface area contributed by atoms with Crippen LogP contribution in [0.4, 0.5) is 0 Å². The van der Waals surface area contributed by atoms with Gasteiger partial charge in [-0.3, -0.25) is 4.79 Å². The minimum absolute atomic E-state index is 0.0515. The average molecular weight is 192 g/mol. The summed E-state index contributed by atoms with van der Waals surface area (Å²) in [7, 11) is 0. The lowest BCUT2D eigenvalue weighted by Crippen LogP contribution is -2.12. The van der Waals surface area contributed by atoms with E-state index >= 15 is 0 Å². The van der Waals surface area contributed by atoms with E-state index in [1.54, 1.807) is 0 Å². The van der Waals surface area contributed by atoms with Crippen LogP contribution in [0, 0.1) is 0 Å². The smallest absolute Gasteiger partial charge is 0.251 e. The van der Waals surface area contributed by atoms with Crippen molar-refractivity contribution in [3.8, 4) is 0 Å². The van der Waals surface area contributed by atoms with E-state index in [1.165, 1.54) is 0 Å². The maximum Gasteiger partial charge on any atom is 0.251 e. The molecule has 1 amide bonds. The number of hydrogen-bond acceptors (Lipinski definition) is 2. The van der Waals surface area contributed by atoms with Gasteiger partial charge in [-0.25, -0.2) is 0 Å². The molecule has 1 aliphatic heterocycles. The quantitative estimate of drug-likeness (QED) is 0.650. The van der Waals surface area contributed by atoms with Crippen LogP contribution in [0.2, 0.25) is 0 Å². The average Bonchev–Trinajstić information content (AvgIpc) is 2.48. The molecule has 0 aliphatic carbocycles. The molecule has 0 radical (unpaired) electrons. The molecule has 0 unspecified atom stereocenters. The largest absolute Gasteiger partial charge is 0.348 e. The van der Waals surface area contributed by atoms with E-state index in [0.29, 0.717) is 12.6 Å². The molecular weight excluding hydrogens is 176 g/mol. The zero-order valence-corrected chi connectivity index (χ0v) is 8.58. The van der Waals surface area contributed by atoms with Gasteiger partial charge in [0.05, 0.1) is 0 Å². The van der Waals surface area contributed by atoms with Crippen LogP contribution in [0.15, 0.2) is 24.3 Å². The number of rotatable bonds is 0. The summed E-state index contributed by atoms with van der Waals surface area (Å²) in [6, 6.07) is 7.97. The summed E-state index contributed by atoms with van der Waals surface area (Å²) in [5.74, 6) is 0.0515. The van der Waals surface area contributed by atoms with Crippen LogP contribution in [0.3, 0.4) is 0 Å². The van der Waals surface area contributed by atoms with Gasteiger partial charge in [-0.2, -0.15) is 0 Å². The summed E-state index contributed by atoms with van der Waals surface area (Å²) in [6.07, 6.45) is 0. The van der Waals surface area contributed by atoms with E-state index in [9.17, 15) is 4.79 Å². The number of amides is 1. The number of benzene rings is 1. The van der Waals surface area contributed by atoms with E-state index in [2.05, 4.69) is 5.32 Å². The van der Waals surface area contributed by atoms with Crippen molar-refractivity contribution in [1.29, 1.82) is 0 Å². The van der Waals surface area contributed by atoms with Gasteiger partial charge in [-0.15, -0.1) is 0 Å². The summed E-state index contributed by atoms with van der Waals surface area (Å²) in [4.78, 5) is 11.0. The van der Waals surface area contributed by atoms with Crippen LogP contribution in [-0.2, 0) is 6.54 Å². The Morgan fingerprint density at radius 1 is 1.36 bits per heavy atom. The number of carbonyl (C=O) groups is 1. The molecule has 1 aliphatic rings. The summed E-state index contributed by atoms with van der Waals surface area (Å²) in [5, 5.41) is 2.75. The Morgan fingerprint density at radius 3 is 2.50 bits per heavy atom. The molecule has 0 aromatic heterocycles. The molecule has 1 aromatic carbocycles. The standard InChI is InChI=1S/C8H7NO.C3H9N/c10-8-7-4-2-1-3-6(7)5-9-8;1-3(2)4/h1-4H,5H2,(H,9,10);3H,4H2,1-2H3. The molecule has 2 rings (SSSR count). The first-order valence-corrected chi connectivity index (χ1v) is 4.73. The highest BCUT2D eigenvalue weighted by molar-refractivity contribution is 5.98. The van der Waals surface area contributed by atoms with Gasteiger partial charge in [0.2, 0.25) is 0 Å². The van der Waals surface area contributed by atoms with Crippen LogP contribution in [0.25, 0.3) is 0 Å². The molecule has 76 valence electrons. The summed E-state index contributed by atoms with van der Waals surface area (Å²) < 4.78 is 0. The van der Waals surface area contributed by atoms with E-state index in [1.807, 2.05) is 38.1 Å². The third-order valence-corrected chi connectivity index (χ3v) is 1.70. The van der Waals surface area contributed by atoms with Crippen molar-refractivity contribution in [3.63, 3.8) is 0 Å². The van der Waals surface area contributed by atoms with Crippen LogP contribution in [-0.4, -0.2) is 11.9 Å². The van der Waals surface area contributed by atoms with Gasteiger partial charge in [-0.05, 0) is 17.7 Å². The normalized spacial score (nSPS) is 13.0. The maximum absolute atomic E-state index is 11.0. The molecule has 0 fully saturated rings. The predicted molar refractivity (Wildman–Crippen MR) is 56.9 cm³/mol. The van der Waals surface area contributed by atoms with Gasteiger partial charge in [0, 0.05) is 12.1 Å². The zero-order valence-electron chi connectivity index (χ0n) is 8.58. The first-order valence-electron chi connectivity index (χ1n) is 4.73. The fraction of sp³-hybridized carbons (Fsp3) is 0.364. The topological polar surface area (TPSA) is 55.1 Å². The zero-order chi connectivity index (χ0) is 10.6. The minimum atomic E-state index is 0.0515. The van der Waals surface area contributed by atoms with Crippen molar-refractivity contribution in [3.05, 3.63) is 35.4 Å². The molecular formula is C11H16N2O. The number of nitrogens with one attached hydrogen (secondary N) is 1. The van der Waals surface area contributed by atoms with Gasteiger partial charge in [0.25, 0.3) is 5.91 Å². The highest BCUT2D eigenvalue weighted by atomic mass is 16.1. The SMILES string of the molecule is CC(C)N.O=C1NCc2ccccc21. The van der Waals surface area contributed by atoms with E-state index < -0.39 is 0 Å². The fourth-order valence-electron chi connectivity index (χ4n) is 1.17. The van der Waals surface area contributed by atoms with Crippen molar-refractivity contribution >= 4 is 5.91 Å². The molecule has 1 heterocycles. The molecule has 3 heteroatoms. The lowest BCUT2D eigenvalue weighted by molar-refractivity contribution is 0.0966. The van der Waals surface area contributed by atoms with Crippen molar-refractivity contribution in [1.82, 2.24) is 5.32 Å². The molecule has 0 saturated heterocycles. The molecule has 1 aromatic rings. The Labute approximate surface area is 84.3 Å². The lowest BCUT2D eigenvalue weighted by Gasteiger charge is -1.89. The molecule has 14 heavy (non-hydrogen) atoms. The molecule has 3 N–H and O–H groups in total. The lowest BCUT2D eigenvalue weighted by atomic mass is 10.1. The van der Waals surface area contributed by atoms with E-state index in [4.69, 9.17) is 5.73 Å². The Morgan fingerprint density at radius 2 is 1.93 bits per heavy atom. The molecule has 3 nitrogen and oxygen atoms in total. The number of fused-ring (bicyclic) bond motifs is 1. The van der Waals surface area contributed by atoms with Crippen molar-refractivity contribution in [2.75, 3.05) is 0 Å². The van der Waals surface area contributed by atoms with E-state index in [0.717, 1.165) is 11.1 Å². The Bertz CT molecular complexity index is 318. The number of nitrogens with two attached hydrogens (primary N) is 1. The third-order valence-electron chi connectivity index (χ3n) is 1.70. The molecule has 0 bridgehead atoms. The maximum atomic E-state index is 11.0. The summed E-state index contributed by atoms with van der Waals surface area (Å²) in [5.41, 5.74) is 7.04. The Hall–Kier alpha value is -1.35. The highest BCUT2D eigenvalue weighted by Crippen LogP contribution is 2.13. The van der Waals surface area contributed by atoms with Gasteiger partial charge in [-0.1, -0.05) is 32.0 Å². The van der Waals surface area contributed by atoms with Crippen molar-refractivity contribution < 1.29 is 4.79 Å². The second-order valence-electron chi connectivity index (χ2n) is 3.58. The Balaban J connectivity index is 0.000000213. The van der Waals surface area contributed by atoms with Crippen LogP contribution in [0.5, 0.6) is 0 Å². The van der Waals surface area contributed by atoms with Crippen LogP contribution < -0.4 is 11.1 Å². The second-order valence-corrected chi connectivity index (χ2v) is 3.58. The van der Waals surface area contributed by atoms with E-state index in [-0.39, 0.29) is 5.91 Å². The first-order chi connectivity index (χ1) is 6.61. The number of hydrogen-bond donors (Lipinski definition) is 2. The van der Waals surface area contributed by atoms with Crippen LogP contribution in [0.1, 0.15) is 29.8 Å². The summed E-state index contributed by atoms with van der Waals surface area (Å²) in [6.45, 7) is 4.58. The molecule has 0 atom stereocenters. The van der Waals surface area contributed by atoms with Gasteiger partial charge in [0.1, 0.15) is 0 Å². The first kappa shape index (κ1) is 10.7. The second kappa shape index (κ2) is 4.77. The minimum Gasteiger partial charge on any atom is -0.348 e. The van der Waals surface area contributed by atoms with Gasteiger partial charge < -0.3 is 11.1 Å². The van der Waals surface area contributed by atoms with Crippen molar-refractivity contribution in [2.45, 2.75) is 26.4 Å². The van der Waals surface area contributed by atoms with Gasteiger partial charge >= 0.3 is 0 Å². The van der Waals surface area contributed by atoms with Crippen molar-refractivity contribution in [2.24, 2.45) is 5.73 Å². The monoisotopic (exact) mass is 192 g/mol. The third kappa shape index (κ3) is 2.85. The Kier molecular flexibility index (Phi) is 3.65. The van der Waals surface area contributed by atoms with Crippen LogP contribution >= 0.6 is 0 Å². The fourth-order valence-corrected chi connectivity index (χ4v) is 1.17. The summed E-state index contributed by atoms with van der Waals surface area (Å²) >= 11 is 0. The molecule has 0 saturated carbocycles. The highest BCUT2D eigenvalue weighted by Gasteiger charge is 2.16. The number of carbonyl (C=O) groups excluding carboxylic acids is 1. The predicted octanol–water partition coefficient (Wildman–Crippen LogP) is 1.28.